The highest BCUT2D eigenvalue weighted by molar-refractivity contribution is 5.73. The van der Waals surface area contributed by atoms with E-state index in [-0.39, 0.29) is 23.8 Å². The van der Waals surface area contributed by atoms with Gasteiger partial charge in [0.05, 0.1) is 23.1 Å². The summed E-state index contributed by atoms with van der Waals surface area (Å²) < 4.78 is 0. The topological polar surface area (TPSA) is 83.2 Å². The molecule has 0 spiro atoms. The van der Waals surface area contributed by atoms with Crippen LogP contribution in [0, 0.1) is 40.4 Å². The minimum Gasteiger partial charge on any atom is -0.371 e. The highest BCUT2D eigenvalue weighted by atomic mass is 16.1. The number of rotatable bonds is 7. The van der Waals surface area contributed by atoms with Crippen LogP contribution in [-0.2, 0) is 10.2 Å². The summed E-state index contributed by atoms with van der Waals surface area (Å²) in [6, 6.07) is 23.4. The van der Waals surface area contributed by atoms with Crippen LogP contribution in [0.15, 0.2) is 54.6 Å². The second-order valence-electron chi connectivity index (χ2n) is 11.2. The number of nitrogens with zero attached hydrogens (tertiary/aromatic N) is 4. The van der Waals surface area contributed by atoms with E-state index in [1.165, 1.54) is 5.69 Å². The van der Waals surface area contributed by atoms with Gasteiger partial charge in [-0.3, -0.25) is 4.79 Å². The predicted octanol–water partition coefficient (Wildman–Crippen LogP) is 4.47. The van der Waals surface area contributed by atoms with Gasteiger partial charge in [0, 0.05) is 50.1 Å². The van der Waals surface area contributed by atoms with Gasteiger partial charge in [-0.25, -0.2) is 0 Å². The van der Waals surface area contributed by atoms with Gasteiger partial charge < -0.3 is 15.1 Å². The van der Waals surface area contributed by atoms with Crippen molar-refractivity contribution in [3.63, 3.8) is 0 Å². The Morgan fingerprint density at radius 1 is 1.00 bits per heavy atom. The fourth-order valence-corrected chi connectivity index (χ4v) is 7.22. The molecule has 2 heterocycles. The summed E-state index contributed by atoms with van der Waals surface area (Å²) in [6.07, 6.45) is 5.02. The fourth-order valence-electron chi connectivity index (χ4n) is 7.22. The van der Waals surface area contributed by atoms with E-state index in [2.05, 4.69) is 51.5 Å². The van der Waals surface area contributed by atoms with Crippen molar-refractivity contribution in [1.82, 2.24) is 10.2 Å². The molecule has 2 aromatic rings. The number of carbonyl (C=O) groups is 1. The molecule has 5 rings (SSSR count). The molecule has 1 amide bonds. The van der Waals surface area contributed by atoms with Crippen LogP contribution in [0.2, 0.25) is 0 Å². The van der Waals surface area contributed by atoms with Crippen molar-refractivity contribution in [2.24, 2.45) is 17.8 Å². The second-order valence-corrected chi connectivity index (χ2v) is 11.2. The first-order chi connectivity index (χ1) is 18.0. The van der Waals surface area contributed by atoms with Gasteiger partial charge in [0.15, 0.2) is 0 Å². The zero-order valence-corrected chi connectivity index (χ0v) is 21.8. The Kier molecular flexibility index (Phi) is 7.49. The SMILES string of the molecule is CC(=O)N[C@@H]1CCC[C@H]1C(C#N)(c1ccccc1)C1CCN(CC2CN(c3ccc(C#N)cc3)C2)CC1. The Balaban J connectivity index is 1.24. The van der Waals surface area contributed by atoms with Crippen molar-refractivity contribution in [3.8, 4) is 12.1 Å². The monoisotopic (exact) mass is 495 g/mol. The third-order valence-corrected chi connectivity index (χ3v) is 8.99. The van der Waals surface area contributed by atoms with Gasteiger partial charge in [-0.2, -0.15) is 10.5 Å². The molecule has 6 nitrogen and oxygen atoms in total. The highest BCUT2D eigenvalue weighted by Gasteiger charge is 2.52. The van der Waals surface area contributed by atoms with E-state index in [9.17, 15) is 10.1 Å². The minimum atomic E-state index is -0.570. The summed E-state index contributed by atoms with van der Waals surface area (Å²) >= 11 is 0. The summed E-state index contributed by atoms with van der Waals surface area (Å²) in [6.45, 7) is 6.84. The normalized spacial score (nSPS) is 24.5. The molecule has 1 saturated carbocycles. The summed E-state index contributed by atoms with van der Waals surface area (Å²) in [5, 5.41) is 23.0. The first kappa shape index (κ1) is 25.3. The van der Waals surface area contributed by atoms with Gasteiger partial charge in [-0.1, -0.05) is 36.8 Å². The number of hydrogen-bond donors (Lipinski definition) is 1. The van der Waals surface area contributed by atoms with Gasteiger partial charge in [0.1, 0.15) is 0 Å². The quantitative estimate of drug-likeness (QED) is 0.613. The molecule has 0 radical (unpaired) electrons. The van der Waals surface area contributed by atoms with Crippen molar-refractivity contribution in [1.29, 1.82) is 10.5 Å². The van der Waals surface area contributed by atoms with E-state index in [1.807, 2.05) is 30.3 Å². The molecule has 2 saturated heterocycles. The van der Waals surface area contributed by atoms with E-state index in [0.29, 0.717) is 11.5 Å². The first-order valence-corrected chi connectivity index (χ1v) is 13.7. The smallest absolute Gasteiger partial charge is 0.217 e. The van der Waals surface area contributed by atoms with Crippen LogP contribution >= 0.6 is 0 Å². The average molecular weight is 496 g/mol. The van der Waals surface area contributed by atoms with Crippen molar-refractivity contribution in [3.05, 3.63) is 65.7 Å². The second kappa shape index (κ2) is 11.0. The lowest BCUT2D eigenvalue weighted by Crippen LogP contribution is -2.55. The summed E-state index contributed by atoms with van der Waals surface area (Å²) in [4.78, 5) is 17.0. The van der Waals surface area contributed by atoms with Crippen molar-refractivity contribution >= 4 is 11.6 Å². The van der Waals surface area contributed by atoms with E-state index in [1.54, 1.807) is 6.92 Å². The zero-order valence-electron chi connectivity index (χ0n) is 21.8. The lowest BCUT2D eigenvalue weighted by atomic mass is 9.59. The van der Waals surface area contributed by atoms with Crippen LogP contribution in [0.3, 0.4) is 0 Å². The molecule has 0 aromatic heterocycles. The number of likely N-dealkylation sites (tertiary alicyclic amines) is 1. The standard InChI is InChI=1S/C31H37N5O/c1-23(37)34-30-9-5-8-29(30)31(22-33,26-6-3-2-4-7-26)27-14-16-35(17-15-27)19-25-20-36(21-25)28-12-10-24(18-32)11-13-28/h2-4,6-7,10-13,25,27,29-30H,5,8-9,14-17,19-21H2,1H3,(H,34,37)/t29-,30-,31?/m1/s1. The Hall–Kier alpha value is -3.35. The number of benzene rings is 2. The van der Waals surface area contributed by atoms with Crippen LogP contribution in [0.1, 0.15) is 50.2 Å². The Bertz CT molecular complexity index is 1150. The molecular formula is C31H37N5O. The third-order valence-electron chi connectivity index (χ3n) is 8.99. The number of carbonyl (C=O) groups excluding carboxylic acids is 1. The lowest BCUT2D eigenvalue weighted by molar-refractivity contribution is -0.120. The summed E-state index contributed by atoms with van der Waals surface area (Å²) in [7, 11) is 0. The van der Waals surface area contributed by atoms with Crippen LogP contribution in [0.4, 0.5) is 5.69 Å². The van der Waals surface area contributed by atoms with Crippen LogP contribution < -0.4 is 10.2 Å². The number of nitriles is 2. The highest BCUT2D eigenvalue weighted by Crippen LogP contribution is 2.50. The van der Waals surface area contributed by atoms with Crippen molar-refractivity contribution in [2.75, 3.05) is 37.6 Å². The summed E-state index contributed by atoms with van der Waals surface area (Å²) in [5.74, 6) is 1.09. The van der Waals surface area contributed by atoms with Crippen molar-refractivity contribution in [2.45, 2.75) is 50.5 Å². The van der Waals surface area contributed by atoms with Gasteiger partial charge in [-0.15, -0.1) is 0 Å². The lowest BCUT2D eigenvalue weighted by Gasteiger charge is -2.48. The molecule has 6 heteroatoms. The molecule has 0 bridgehead atoms. The van der Waals surface area contributed by atoms with Gasteiger partial charge in [-0.05, 0) is 74.5 Å². The van der Waals surface area contributed by atoms with Crippen LogP contribution in [-0.4, -0.2) is 49.6 Å². The molecule has 3 atom stereocenters. The molecule has 3 aliphatic rings. The molecule has 3 fully saturated rings. The van der Waals surface area contributed by atoms with E-state index >= 15 is 0 Å². The van der Waals surface area contributed by atoms with Gasteiger partial charge in [0.25, 0.3) is 0 Å². The Labute approximate surface area is 220 Å². The maximum absolute atomic E-state index is 12.0. The van der Waals surface area contributed by atoms with Crippen molar-refractivity contribution < 1.29 is 4.79 Å². The molecule has 1 aliphatic carbocycles. The van der Waals surface area contributed by atoms with E-state index < -0.39 is 5.41 Å². The number of piperidine rings is 1. The van der Waals surface area contributed by atoms with Crippen LogP contribution in [0.25, 0.3) is 0 Å². The molecule has 1 N–H and O–H groups in total. The number of amides is 1. The number of anilines is 1. The molecule has 2 aromatic carbocycles. The van der Waals surface area contributed by atoms with E-state index in [0.717, 1.165) is 70.4 Å². The molecule has 1 unspecified atom stereocenters. The molecule has 2 aliphatic heterocycles. The van der Waals surface area contributed by atoms with E-state index in [4.69, 9.17) is 5.26 Å². The predicted molar refractivity (Wildman–Crippen MR) is 145 cm³/mol. The summed E-state index contributed by atoms with van der Waals surface area (Å²) in [5.41, 5.74) is 2.45. The maximum atomic E-state index is 12.0. The van der Waals surface area contributed by atoms with Gasteiger partial charge in [0.2, 0.25) is 5.91 Å². The Morgan fingerprint density at radius 2 is 1.70 bits per heavy atom. The molecule has 37 heavy (non-hydrogen) atoms. The van der Waals surface area contributed by atoms with Crippen LogP contribution in [0.5, 0.6) is 0 Å². The minimum absolute atomic E-state index is 0.00201. The number of nitrogens with one attached hydrogen (secondary N) is 1. The third kappa shape index (κ3) is 5.09. The molecular weight excluding hydrogens is 458 g/mol. The zero-order chi connectivity index (χ0) is 25.8. The Morgan fingerprint density at radius 3 is 2.32 bits per heavy atom. The maximum Gasteiger partial charge on any atom is 0.217 e. The molecule has 192 valence electrons. The largest absolute Gasteiger partial charge is 0.371 e. The average Bonchev–Trinajstić information content (AvgIpc) is 3.36. The van der Waals surface area contributed by atoms with Gasteiger partial charge >= 0.3 is 0 Å². The fraction of sp³-hybridized carbons (Fsp3) is 0.516. The first-order valence-electron chi connectivity index (χ1n) is 13.7. The number of hydrogen-bond acceptors (Lipinski definition) is 5.